The van der Waals surface area contributed by atoms with Crippen LogP contribution in [0.1, 0.15) is 24.8 Å². The van der Waals surface area contributed by atoms with Crippen LogP contribution in [0.5, 0.6) is 0 Å². The van der Waals surface area contributed by atoms with Crippen molar-refractivity contribution in [1.29, 1.82) is 0 Å². The van der Waals surface area contributed by atoms with Gasteiger partial charge in [-0.1, -0.05) is 29.3 Å². The highest BCUT2D eigenvalue weighted by Crippen LogP contribution is 2.49. The Morgan fingerprint density at radius 3 is 2.86 bits per heavy atom. The lowest BCUT2D eigenvalue weighted by Gasteiger charge is -2.19. The van der Waals surface area contributed by atoms with Crippen molar-refractivity contribution in [2.24, 2.45) is 5.92 Å². The number of hydrogen-bond acceptors (Lipinski definition) is 2. The molecular weight excluding hydrogens is 311 g/mol. The van der Waals surface area contributed by atoms with E-state index in [-0.39, 0.29) is 6.03 Å². The highest BCUT2D eigenvalue weighted by atomic mass is 35.5. The van der Waals surface area contributed by atoms with E-state index in [1.54, 1.807) is 20.0 Å². The fraction of sp³-hybridized carbons (Fsp3) is 0.533. The summed E-state index contributed by atoms with van der Waals surface area (Å²) in [5, 5.41) is 13.5. The largest absolute Gasteiger partial charge is 0.392 e. The molecule has 1 aliphatic carbocycles. The van der Waals surface area contributed by atoms with Crippen molar-refractivity contribution in [3.63, 3.8) is 0 Å². The lowest BCUT2D eigenvalue weighted by Crippen LogP contribution is -2.41. The highest BCUT2D eigenvalue weighted by Gasteiger charge is 2.39. The zero-order valence-electron chi connectivity index (χ0n) is 12.1. The van der Waals surface area contributed by atoms with Gasteiger partial charge in [-0.15, -0.1) is 0 Å². The van der Waals surface area contributed by atoms with Crippen LogP contribution < -0.4 is 5.32 Å². The van der Waals surface area contributed by atoms with Crippen LogP contribution in [-0.2, 0) is 0 Å². The molecule has 1 aromatic rings. The number of rotatable bonds is 5. The second-order valence-corrected chi connectivity index (χ2v) is 6.53. The van der Waals surface area contributed by atoms with Gasteiger partial charge in [-0.3, -0.25) is 0 Å². The lowest BCUT2D eigenvalue weighted by molar-refractivity contribution is 0.144. The van der Waals surface area contributed by atoms with Crippen LogP contribution >= 0.6 is 23.2 Å². The molecule has 1 saturated carbocycles. The van der Waals surface area contributed by atoms with Crippen molar-refractivity contribution in [2.45, 2.75) is 25.4 Å². The quantitative estimate of drug-likeness (QED) is 0.871. The Balaban J connectivity index is 1.81. The Morgan fingerprint density at radius 2 is 2.24 bits per heavy atom. The van der Waals surface area contributed by atoms with Crippen LogP contribution in [0.3, 0.4) is 0 Å². The number of nitrogens with one attached hydrogen (secondary N) is 1. The predicted molar refractivity (Wildman–Crippen MR) is 85.0 cm³/mol. The molecule has 3 atom stereocenters. The van der Waals surface area contributed by atoms with E-state index in [0.29, 0.717) is 35.0 Å². The molecule has 6 heteroatoms. The number of aliphatic hydroxyl groups is 1. The summed E-state index contributed by atoms with van der Waals surface area (Å²) < 4.78 is 0. The van der Waals surface area contributed by atoms with Gasteiger partial charge in [0.15, 0.2) is 0 Å². The summed E-state index contributed by atoms with van der Waals surface area (Å²) in [6, 6.07) is 5.39. The molecular formula is C15H20Cl2N2O2. The number of nitrogens with zero attached hydrogens (tertiary/aromatic N) is 1. The summed E-state index contributed by atoms with van der Waals surface area (Å²) in [7, 11) is 1.67. The first-order valence-corrected chi connectivity index (χ1v) is 7.76. The van der Waals surface area contributed by atoms with Gasteiger partial charge in [0.05, 0.1) is 6.10 Å². The maximum Gasteiger partial charge on any atom is 0.317 e. The van der Waals surface area contributed by atoms with Gasteiger partial charge in [-0.05, 0) is 42.9 Å². The Hall–Kier alpha value is -0.970. The third-order valence-electron chi connectivity index (χ3n) is 3.68. The Bertz CT molecular complexity index is 522. The van der Waals surface area contributed by atoms with Crippen molar-refractivity contribution in [3.05, 3.63) is 33.8 Å². The van der Waals surface area contributed by atoms with Crippen molar-refractivity contribution in [1.82, 2.24) is 10.2 Å². The Kier molecular flexibility index (Phi) is 5.36. The van der Waals surface area contributed by atoms with Crippen LogP contribution in [0.2, 0.25) is 10.0 Å². The molecule has 0 saturated heterocycles. The highest BCUT2D eigenvalue weighted by molar-refractivity contribution is 6.35. The van der Waals surface area contributed by atoms with Crippen molar-refractivity contribution in [3.8, 4) is 0 Å². The average Bonchev–Trinajstić information content (AvgIpc) is 3.14. The van der Waals surface area contributed by atoms with Gasteiger partial charge in [-0.25, -0.2) is 4.79 Å². The van der Waals surface area contributed by atoms with Crippen molar-refractivity contribution >= 4 is 29.2 Å². The molecule has 116 valence electrons. The summed E-state index contributed by atoms with van der Waals surface area (Å²) >= 11 is 12.1. The molecule has 0 bridgehead atoms. The van der Waals surface area contributed by atoms with Gasteiger partial charge in [0, 0.05) is 30.2 Å². The van der Waals surface area contributed by atoms with Gasteiger partial charge in [0.25, 0.3) is 0 Å². The summed E-state index contributed by atoms with van der Waals surface area (Å²) in [4.78, 5) is 13.3. The number of carbonyl (C=O) groups is 1. The lowest BCUT2D eigenvalue weighted by atomic mass is 10.1. The van der Waals surface area contributed by atoms with E-state index in [2.05, 4.69) is 5.32 Å². The second-order valence-electron chi connectivity index (χ2n) is 5.68. The first kappa shape index (κ1) is 16.4. The summed E-state index contributed by atoms with van der Waals surface area (Å²) in [6.07, 6.45) is 0.490. The standard InChI is InChI=1S/C15H20Cl2N2O2/c1-9(20)8-19(2)15(21)18-7-10-5-13(10)12-4-3-11(16)6-14(12)17/h3-4,6,9-10,13,20H,5,7-8H2,1-2H3,(H,18,21). The minimum Gasteiger partial charge on any atom is -0.392 e. The molecule has 2 amide bonds. The molecule has 21 heavy (non-hydrogen) atoms. The minimum atomic E-state index is -0.526. The van der Waals surface area contributed by atoms with E-state index in [9.17, 15) is 9.90 Å². The van der Waals surface area contributed by atoms with Gasteiger partial charge in [-0.2, -0.15) is 0 Å². The van der Waals surface area contributed by atoms with Crippen LogP contribution in [0.4, 0.5) is 4.79 Å². The number of halogens is 2. The van der Waals surface area contributed by atoms with E-state index in [1.165, 1.54) is 4.90 Å². The van der Waals surface area contributed by atoms with Gasteiger partial charge >= 0.3 is 6.03 Å². The Labute approximate surface area is 135 Å². The number of benzene rings is 1. The summed E-state index contributed by atoms with van der Waals surface area (Å²) in [6.45, 7) is 2.60. The molecule has 4 nitrogen and oxygen atoms in total. The molecule has 0 aliphatic heterocycles. The molecule has 2 N–H and O–H groups in total. The third-order valence-corrected chi connectivity index (χ3v) is 4.25. The molecule has 0 aromatic heterocycles. The number of hydrogen-bond donors (Lipinski definition) is 2. The smallest absolute Gasteiger partial charge is 0.317 e. The van der Waals surface area contributed by atoms with Gasteiger partial charge in [0.1, 0.15) is 0 Å². The molecule has 2 rings (SSSR count). The van der Waals surface area contributed by atoms with E-state index < -0.39 is 6.10 Å². The summed E-state index contributed by atoms with van der Waals surface area (Å²) in [5.41, 5.74) is 1.10. The summed E-state index contributed by atoms with van der Waals surface area (Å²) in [5.74, 6) is 0.796. The molecule has 1 aliphatic rings. The third kappa shape index (κ3) is 4.50. The van der Waals surface area contributed by atoms with E-state index >= 15 is 0 Å². The maximum absolute atomic E-state index is 11.8. The minimum absolute atomic E-state index is 0.163. The normalized spacial score (nSPS) is 21.8. The van der Waals surface area contributed by atoms with Crippen LogP contribution in [0.25, 0.3) is 0 Å². The number of carbonyl (C=O) groups excluding carboxylic acids is 1. The van der Waals surface area contributed by atoms with Crippen LogP contribution in [-0.4, -0.2) is 42.3 Å². The first-order valence-electron chi connectivity index (χ1n) is 7.00. The SMILES string of the molecule is CC(O)CN(C)C(=O)NCC1CC1c1ccc(Cl)cc1Cl. The fourth-order valence-corrected chi connectivity index (χ4v) is 3.04. The average molecular weight is 331 g/mol. The molecule has 1 fully saturated rings. The predicted octanol–water partition coefficient (Wildman–Crippen LogP) is 3.12. The number of likely N-dealkylation sites (N-methyl/N-ethyl adjacent to an activating group) is 1. The Morgan fingerprint density at radius 1 is 1.52 bits per heavy atom. The first-order chi connectivity index (χ1) is 9.88. The van der Waals surface area contributed by atoms with Gasteiger partial charge < -0.3 is 15.3 Å². The molecule has 0 radical (unpaired) electrons. The second kappa shape index (κ2) is 6.86. The van der Waals surface area contributed by atoms with Crippen molar-refractivity contribution < 1.29 is 9.90 Å². The van der Waals surface area contributed by atoms with Gasteiger partial charge in [0.2, 0.25) is 0 Å². The molecule has 3 unspecified atom stereocenters. The van der Waals surface area contributed by atoms with Crippen LogP contribution in [0.15, 0.2) is 18.2 Å². The fourth-order valence-electron chi connectivity index (χ4n) is 2.49. The maximum atomic E-state index is 11.8. The van der Waals surface area contributed by atoms with E-state index in [4.69, 9.17) is 23.2 Å². The van der Waals surface area contributed by atoms with Crippen LogP contribution in [0, 0.1) is 5.92 Å². The molecule has 0 heterocycles. The van der Waals surface area contributed by atoms with E-state index in [0.717, 1.165) is 12.0 Å². The van der Waals surface area contributed by atoms with Crippen molar-refractivity contribution in [2.75, 3.05) is 20.1 Å². The molecule has 1 aromatic carbocycles. The number of urea groups is 1. The topological polar surface area (TPSA) is 52.6 Å². The molecule has 0 spiro atoms. The monoisotopic (exact) mass is 330 g/mol. The zero-order valence-corrected chi connectivity index (χ0v) is 13.7. The zero-order chi connectivity index (χ0) is 15.6. The van der Waals surface area contributed by atoms with E-state index in [1.807, 2.05) is 12.1 Å². The number of aliphatic hydroxyl groups excluding tert-OH is 1. The number of amides is 2.